The Kier molecular flexibility index (Phi) is 7.68. The van der Waals surface area contributed by atoms with Crippen LogP contribution >= 0.6 is 0 Å². The Morgan fingerprint density at radius 2 is 1.72 bits per heavy atom. The van der Waals surface area contributed by atoms with Gasteiger partial charge in [0.15, 0.2) is 11.4 Å². The second-order valence-corrected chi connectivity index (χ2v) is 12.0. The smallest absolute Gasteiger partial charge is 0.416 e. The molecule has 2 aromatic rings. The summed E-state index contributed by atoms with van der Waals surface area (Å²) in [6.45, 7) is 0. The first-order valence-corrected chi connectivity index (χ1v) is 14.0. The Balaban J connectivity index is 1.66. The van der Waals surface area contributed by atoms with Crippen molar-refractivity contribution in [3.63, 3.8) is 0 Å². The number of nitrogens with two attached hydrogens (primary N) is 1. The molecule has 2 unspecified atom stereocenters. The summed E-state index contributed by atoms with van der Waals surface area (Å²) in [5.74, 6) is -9.27. The van der Waals surface area contributed by atoms with Gasteiger partial charge in [-0.05, 0) is 62.7 Å². The lowest BCUT2D eigenvalue weighted by molar-refractivity contribution is -0.153. The van der Waals surface area contributed by atoms with Crippen LogP contribution in [0.1, 0.15) is 33.5 Å². The van der Waals surface area contributed by atoms with Gasteiger partial charge in [-0.2, -0.15) is 13.2 Å². The van der Waals surface area contributed by atoms with E-state index in [4.69, 9.17) is 5.73 Å². The van der Waals surface area contributed by atoms with Crippen LogP contribution in [-0.2, 0) is 27.0 Å². The molecule has 5 rings (SSSR count). The van der Waals surface area contributed by atoms with Gasteiger partial charge in [0.2, 0.25) is 5.78 Å². The normalized spacial score (nSPS) is 24.4. The summed E-state index contributed by atoms with van der Waals surface area (Å²) in [6.07, 6.45) is -4.84. The van der Waals surface area contributed by atoms with Gasteiger partial charge in [0.25, 0.3) is 11.8 Å². The number of carbonyl (C=O) groups is 4. The van der Waals surface area contributed by atoms with Crippen molar-refractivity contribution in [1.82, 2.24) is 4.90 Å². The maximum Gasteiger partial charge on any atom is 0.416 e. The monoisotopic (exact) mass is 644 g/mol. The molecule has 3 aliphatic rings. The number of carbonyl (C=O) groups excluding carboxylic acids is 4. The second-order valence-electron chi connectivity index (χ2n) is 12.0. The van der Waals surface area contributed by atoms with E-state index in [2.05, 4.69) is 5.32 Å². The number of likely N-dealkylation sites (N-methyl/N-ethyl adjacent to an activating group) is 1. The van der Waals surface area contributed by atoms with Gasteiger partial charge < -0.3 is 36.4 Å². The summed E-state index contributed by atoms with van der Waals surface area (Å²) in [5, 5.41) is 48.0. The Labute approximate surface area is 260 Å². The first-order chi connectivity index (χ1) is 21.3. The summed E-state index contributed by atoms with van der Waals surface area (Å²) in [7, 11) is 6.24. The van der Waals surface area contributed by atoms with Crippen molar-refractivity contribution < 1.29 is 52.8 Å². The number of rotatable bonds is 5. The molecule has 1 fully saturated rings. The second kappa shape index (κ2) is 10.9. The largest absolute Gasteiger partial charge is 0.508 e. The predicted molar refractivity (Wildman–Crippen MR) is 158 cm³/mol. The number of aromatic hydroxyl groups is 1. The fourth-order valence-electron chi connectivity index (χ4n) is 6.82. The number of benzene rings is 2. The van der Waals surface area contributed by atoms with E-state index in [-0.39, 0.29) is 29.7 Å². The van der Waals surface area contributed by atoms with E-state index in [0.717, 1.165) is 18.2 Å². The first-order valence-electron chi connectivity index (χ1n) is 14.0. The van der Waals surface area contributed by atoms with Crippen LogP contribution in [0.4, 0.5) is 24.5 Å². The topological polar surface area (TPSA) is 194 Å². The number of alkyl halides is 3. The van der Waals surface area contributed by atoms with E-state index >= 15 is 0 Å². The molecule has 244 valence electrons. The maximum absolute atomic E-state index is 14.1. The Bertz CT molecular complexity index is 1780. The number of hydrogen-bond donors (Lipinski definition) is 6. The van der Waals surface area contributed by atoms with Gasteiger partial charge in [0.05, 0.1) is 22.9 Å². The lowest BCUT2D eigenvalue weighted by Gasteiger charge is -2.50. The molecule has 7 N–H and O–H groups in total. The van der Waals surface area contributed by atoms with Crippen LogP contribution < -0.4 is 16.0 Å². The summed E-state index contributed by atoms with van der Waals surface area (Å²) in [5.41, 5.74) is -0.150. The van der Waals surface area contributed by atoms with Gasteiger partial charge in [-0.3, -0.25) is 24.1 Å². The molecule has 2 aromatic carbocycles. The van der Waals surface area contributed by atoms with Gasteiger partial charge in [-0.15, -0.1) is 0 Å². The van der Waals surface area contributed by atoms with Crippen LogP contribution in [0.2, 0.25) is 0 Å². The number of nitrogens with one attached hydrogen (secondary N) is 1. The molecule has 46 heavy (non-hydrogen) atoms. The lowest BCUT2D eigenvalue weighted by atomic mass is 9.57. The highest BCUT2D eigenvalue weighted by Gasteiger charge is 2.64. The maximum atomic E-state index is 14.1. The lowest BCUT2D eigenvalue weighted by Crippen LogP contribution is -2.65. The molecule has 15 heteroatoms. The number of phenolic OH excluding ortho intramolecular Hbond substituents is 1. The fraction of sp³-hybridized carbons (Fsp3) is 0.355. The minimum atomic E-state index is -4.72. The summed E-state index contributed by atoms with van der Waals surface area (Å²) in [6, 6.07) is 3.74. The molecule has 2 amide bonds. The number of aliphatic hydroxyl groups excluding tert-OH is 2. The van der Waals surface area contributed by atoms with Gasteiger partial charge in [0.1, 0.15) is 22.8 Å². The number of aliphatic hydroxyl groups is 3. The first kappa shape index (κ1) is 32.5. The number of phenols is 1. The molecular weight excluding hydrogens is 613 g/mol. The van der Waals surface area contributed by atoms with Crippen molar-refractivity contribution >= 4 is 40.5 Å². The number of primary amides is 1. The highest BCUT2D eigenvalue weighted by molar-refractivity contribution is 6.24. The number of anilines is 2. The van der Waals surface area contributed by atoms with Crippen molar-refractivity contribution in [3.8, 4) is 5.75 Å². The Hall–Kier alpha value is -4.89. The van der Waals surface area contributed by atoms with E-state index < -0.39 is 87.0 Å². The van der Waals surface area contributed by atoms with E-state index in [9.17, 15) is 52.8 Å². The van der Waals surface area contributed by atoms with Gasteiger partial charge in [-0.25, -0.2) is 0 Å². The average Bonchev–Trinajstić information content (AvgIpc) is 2.95. The number of amides is 2. The van der Waals surface area contributed by atoms with E-state index in [1.54, 1.807) is 19.0 Å². The van der Waals surface area contributed by atoms with Crippen LogP contribution in [0.15, 0.2) is 47.2 Å². The third kappa shape index (κ3) is 4.77. The van der Waals surface area contributed by atoms with Crippen molar-refractivity contribution in [3.05, 3.63) is 69.5 Å². The van der Waals surface area contributed by atoms with Crippen LogP contribution in [0.3, 0.4) is 0 Å². The third-order valence-electron chi connectivity index (χ3n) is 8.88. The Morgan fingerprint density at radius 1 is 1.07 bits per heavy atom. The van der Waals surface area contributed by atoms with Gasteiger partial charge in [0, 0.05) is 36.8 Å². The Morgan fingerprint density at radius 3 is 2.28 bits per heavy atom. The molecule has 0 aliphatic heterocycles. The standard InChI is InChI=1S/C31H31F3N4O8/c1-37(2)18-11-17(36-29(45)12-6-5-7-14(8-12)31(32,33)34)23(39)20-15(18)9-13-10-16-22(38(3)4)25(41)21(28(35)44)27(43)30(16,46)26(42)19(13)24(20)40/h5-8,11,13,16,22,39-40,43,46H,9-10H2,1-4H3,(H2,35,44)(H,36,45)/t13?,16?,22-,30-/m0/s1. The highest BCUT2D eigenvalue weighted by atomic mass is 19.4. The third-order valence-corrected chi connectivity index (χ3v) is 8.88. The summed E-state index contributed by atoms with van der Waals surface area (Å²) < 4.78 is 39.7. The highest BCUT2D eigenvalue weighted by Crippen LogP contribution is 2.54. The van der Waals surface area contributed by atoms with Crippen LogP contribution in [0, 0.1) is 11.8 Å². The molecule has 4 atom stereocenters. The van der Waals surface area contributed by atoms with Crippen molar-refractivity contribution in [1.29, 1.82) is 0 Å². The number of fused-ring (bicyclic) bond motifs is 3. The minimum Gasteiger partial charge on any atom is -0.508 e. The molecule has 12 nitrogen and oxygen atoms in total. The van der Waals surface area contributed by atoms with E-state index in [1.165, 1.54) is 25.1 Å². The van der Waals surface area contributed by atoms with E-state index in [0.29, 0.717) is 17.3 Å². The summed E-state index contributed by atoms with van der Waals surface area (Å²) in [4.78, 5) is 55.5. The number of ketones is 2. The molecule has 0 spiro atoms. The molecule has 0 bridgehead atoms. The quantitative estimate of drug-likeness (QED) is 0.208. The van der Waals surface area contributed by atoms with E-state index in [1.807, 2.05) is 0 Å². The number of halogens is 3. The van der Waals surface area contributed by atoms with Crippen LogP contribution in [0.25, 0.3) is 5.76 Å². The zero-order valence-electron chi connectivity index (χ0n) is 25.1. The van der Waals surface area contributed by atoms with Crippen molar-refractivity contribution in [2.45, 2.75) is 30.7 Å². The minimum absolute atomic E-state index is 0.00251. The SMILES string of the molecule is CN(C)c1cc(NC(=O)c2cccc(C(F)(F)F)c2)c(O)c2c1CC1CC3[C@H](N(C)C)C(=O)C(C(N)=O)=C(O)[C@@]3(O)C(=O)C1=C2O. The zero-order chi connectivity index (χ0) is 34.2. The number of hydrogen-bond acceptors (Lipinski definition) is 10. The molecule has 1 saturated carbocycles. The summed E-state index contributed by atoms with van der Waals surface area (Å²) >= 11 is 0. The molecular formula is C31H31F3N4O8. The molecule has 0 aromatic heterocycles. The average molecular weight is 645 g/mol. The number of Topliss-reactive ketones (excluding diaryl/α,β-unsaturated/α-hetero) is 2. The fourth-order valence-corrected chi connectivity index (χ4v) is 6.82. The number of nitrogens with zero attached hydrogens (tertiary/aromatic N) is 2. The molecule has 0 saturated heterocycles. The zero-order valence-corrected chi connectivity index (χ0v) is 25.1. The van der Waals surface area contributed by atoms with Crippen LogP contribution in [0.5, 0.6) is 5.75 Å². The van der Waals surface area contributed by atoms with Gasteiger partial charge >= 0.3 is 6.18 Å². The van der Waals surface area contributed by atoms with Gasteiger partial charge in [-0.1, -0.05) is 6.07 Å². The predicted octanol–water partition coefficient (Wildman–Crippen LogP) is 2.30. The molecule has 3 aliphatic carbocycles. The van der Waals surface area contributed by atoms with Crippen molar-refractivity contribution in [2.75, 3.05) is 38.4 Å². The van der Waals surface area contributed by atoms with Crippen molar-refractivity contribution in [2.24, 2.45) is 17.6 Å². The molecule has 0 radical (unpaired) electrons. The van der Waals surface area contributed by atoms with Crippen LogP contribution in [-0.4, -0.2) is 88.5 Å². The molecule has 0 heterocycles.